The fourth-order valence-corrected chi connectivity index (χ4v) is 4.22. The minimum atomic E-state index is -4.66. The number of aliphatic hydroxyl groups is 1. The molecule has 6 heteroatoms. The molecule has 2 saturated carbocycles. The summed E-state index contributed by atoms with van der Waals surface area (Å²) < 4.78 is 15.6. The van der Waals surface area contributed by atoms with Crippen LogP contribution in [0.5, 0.6) is 0 Å². The highest BCUT2D eigenvalue weighted by atomic mass is 31.2. The maximum atomic E-state index is 10.9. The van der Waals surface area contributed by atoms with Crippen molar-refractivity contribution in [1.29, 1.82) is 0 Å². The van der Waals surface area contributed by atoms with Gasteiger partial charge in [0.2, 0.25) is 0 Å². The molecular weight excluding hydrogens is 231 g/mol. The van der Waals surface area contributed by atoms with Crippen LogP contribution < -0.4 is 0 Å². The Kier molecular flexibility index (Phi) is 2.42. The summed E-state index contributed by atoms with van der Waals surface area (Å²) in [6.45, 7) is 5.92. The van der Waals surface area contributed by atoms with Crippen molar-refractivity contribution in [3.8, 4) is 0 Å². The van der Waals surface area contributed by atoms with Crippen LogP contribution in [0.1, 0.15) is 40.0 Å². The molecule has 94 valence electrons. The van der Waals surface area contributed by atoms with Gasteiger partial charge in [-0.15, -0.1) is 0 Å². The molecule has 2 fully saturated rings. The fourth-order valence-electron chi connectivity index (χ4n) is 3.55. The molecule has 3 unspecified atom stereocenters. The third-order valence-electron chi connectivity index (χ3n) is 5.09. The first-order chi connectivity index (χ1) is 7.02. The van der Waals surface area contributed by atoms with Gasteiger partial charge >= 0.3 is 7.82 Å². The van der Waals surface area contributed by atoms with Gasteiger partial charge in [-0.25, -0.2) is 4.57 Å². The maximum absolute atomic E-state index is 10.9. The van der Waals surface area contributed by atoms with E-state index in [1.807, 2.05) is 20.8 Å². The fraction of sp³-hybridized carbons (Fsp3) is 1.00. The molecule has 0 radical (unpaired) electrons. The Bertz CT molecular complexity index is 362. The molecular formula is C10H19O5P. The van der Waals surface area contributed by atoms with Crippen molar-refractivity contribution in [2.45, 2.75) is 45.8 Å². The normalized spacial score (nSPS) is 46.2. The quantitative estimate of drug-likeness (QED) is 0.512. The van der Waals surface area contributed by atoms with Crippen molar-refractivity contribution in [1.82, 2.24) is 0 Å². The standard InChI is InChI=1S/C10H19O5P/c1-8(2)7-4-5-9(8,3)10(11,6-7)15-16(12,13)14/h7,11H,4-6H2,1-3H3,(H2,12,13,14). The zero-order chi connectivity index (χ0) is 12.4. The lowest BCUT2D eigenvalue weighted by Crippen LogP contribution is -2.48. The van der Waals surface area contributed by atoms with Gasteiger partial charge in [-0.05, 0) is 24.2 Å². The van der Waals surface area contributed by atoms with Crippen LogP contribution in [0.25, 0.3) is 0 Å². The van der Waals surface area contributed by atoms with Gasteiger partial charge in [0.1, 0.15) is 0 Å². The number of hydrogen-bond donors (Lipinski definition) is 3. The van der Waals surface area contributed by atoms with E-state index < -0.39 is 19.0 Å². The van der Waals surface area contributed by atoms with Gasteiger partial charge in [0.05, 0.1) is 0 Å². The van der Waals surface area contributed by atoms with E-state index in [-0.39, 0.29) is 11.3 Å². The van der Waals surface area contributed by atoms with Crippen molar-refractivity contribution in [2.24, 2.45) is 16.7 Å². The summed E-state index contributed by atoms with van der Waals surface area (Å²) in [4.78, 5) is 17.8. The highest BCUT2D eigenvalue weighted by molar-refractivity contribution is 7.46. The second-order valence-corrected chi connectivity index (χ2v) is 7.02. The predicted octanol–water partition coefficient (Wildman–Crippen LogP) is 1.63. The number of phosphoric ester groups is 1. The van der Waals surface area contributed by atoms with Crippen LogP contribution in [-0.2, 0) is 9.09 Å². The first-order valence-electron chi connectivity index (χ1n) is 5.51. The summed E-state index contributed by atoms with van der Waals surface area (Å²) in [6.07, 6.45) is 2.03. The molecule has 0 spiro atoms. The molecule has 3 atom stereocenters. The van der Waals surface area contributed by atoms with E-state index >= 15 is 0 Å². The Morgan fingerprint density at radius 1 is 1.31 bits per heavy atom. The maximum Gasteiger partial charge on any atom is 0.472 e. The number of rotatable bonds is 2. The third-order valence-corrected chi connectivity index (χ3v) is 5.63. The zero-order valence-electron chi connectivity index (χ0n) is 9.80. The number of hydrogen-bond acceptors (Lipinski definition) is 3. The van der Waals surface area contributed by atoms with Crippen LogP contribution in [0.3, 0.4) is 0 Å². The second kappa shape index (κ2) is 3.09. The molecule has 0 aromatic heterocycles. The summed E-state index contributed by atoms with van der Waals surface area (Å²) in [5.74, 6) is -1.44. The SMILES string of the molecule is CC1(C)C2CCC1(C)C(O)(OP(=O)(O)O)C2. The lowest BCUT2D eigenvalue weighted by atomic mass is 9.68. The lowest BCUT2D eigenvalue weighted by Gasteiger charge is -2.44. The molecule has 2 bridgehead atoms. The van der Waals surface area contributed by atoms with E-state index in [0.29, 0.717) is 6.42 Å². The molecule has 3 N–H and O–H groups in total. The largest absolute Gasteiger partial charge is 0.472 e. The highest BCUT2D eigenvalue weighted by Crippen LogP contribution is 2.71. The molecule has 5 nitrogen and oxygen atoms in total. The zero-order valence-corrected chi connectivity index (χ0v) is 10.7. The first-order valence-corrected chi connectivity index (χ1v) is 7.04. The second-order valence-electron chi connectivity index (χ2n) is 5.86. The van der Waals surface area contributed by atoms with Gasteiger partial charge in [0.15, 0.2) is 5.79 Å². The summed E-state index contributed by atoms with van der Waals surface area (Å²) in [7, 11) is -4.66. The van der Waals surface area contributed by atoms with Crippen molar-refractivity contribution in [3.05, 3.63) is 0 Å². The minimum Gasteiger partial charge on any atom is -0.365 e. The Labute approximate surface area is 95.1 Å². The molecule has 0 heterocycles. The molecule has 2 rings (SSSR count). The van der Waals surface area contributed by atoms with Gasteiger partial charge in [-0.2, -0.15) is 0 Å². The van der Waals surface area contributed by atoms with Gasteiger partial charge in [0.25, 0.3) is 0 Å². The van der Waals surface area contributed by atoms with Crippen LogP contribution in [0, 0.1) is 16.7 Å². The molecule has 2 aliphatic carbocycles. The van der Waals surface area contributed by atoms with Gasteiger partial charge < -0.3 is 14.9 Å². The van der Waals surface area contributed by atoms with Crippen LogP contribution in [0.15, 0.2) is 0 Å². The van der Waals surface area contributed by atoms with Crippen molar-refractivity contribution >= 4 is 7.82 Å². The number of phosphoric acid groups is 1. The Hall–Kier alpha value is 0.0700. The topological polar surface area (TPSA) is 87.0 Å². The van der Waals surface area contributed by atoms with Crippen molar-refractivity contribution in [2.75, 3.05) is 0 Å². The van der Waals surface area contributed by atoms with Crippen LogP contribution >= 0.6 is 7.82 Å². The van der Waals surface area contributed by atoms with Crippen molar-refractivity contribution < 1.29 is 24.0 Å². The predicted molar refractivity (Wildman–Crippen MR) is 57.3 cm³/mol. The van der Waals surface area contributed by atoms with Crippen LogP contribution in [0.4, 0.5) is 0 Å². The Morgan fingerprint density at radius 3 is 2.19 bits per heavy atom. The van der Waals surface area contributed by atoms with Crippen LogP contribution in [-0.4, -0.2) is 20.7 Å². The van der Waals surface area contributed by atoms with E-state index in [0.717, 1.165) is 12.8 Å². The first kappa shape index (κ1) is 12.5. The minimum absolute atomic E-state index is 0.156. The van der Waals surface area contributed by atoms with Crippen molar-refractivity contribution in [3.63, 3.8) is 0 Å². The molecule has 0 aromatic carbocycles. The Balaban J connectivity index is 2.37. The van der Waals surface area contributed by atoms with E-state index in [1.165, 1.54) is 0 Å². The molecule has 0 saturated heterocycles. The summed E-state index contributed by atoms with van der Waals surface area (Å²) in [5, 5.41) is 10.4. The third kappa shape index (κ3) is 1.42. The van der Waals surface area contributed by atoms with E-state index in [2.05, 4.69) is 4.52 Å². The lowest BCUT2D eigenvalue weighted by molar-refractivity contribution is -0.230. The number of fused-ring (bicyclic) bond motifs is 2. The average molecular weight is 250 g/mol. The molecule has 0 aliphatic heterocycles. The highest BCUT2D eigenvalue weighted by Gasteiger charge is 2.70. The molecule has 16 heavy (non-hydrogen) atoms. The van der Waals surface area contributed by atoms with E-state index in [4.69, 9.17) is 9.79 Å². The van der Waals surface area contributed by atoms with E-state index in [9.17, 15) is 9.67 Å². The summed E-state index contributed by atoms with van der Waals surface area (Å²) >= 11 is 0. The molecule has 0 amide bonds. The van der Waals surface area contributed by atoms with Gasteiger partial charge in [0, 0.05) is 11.8 Å². The average Bonchev–Trinajstić information content (AvgIpc) is 2.32. The van der Waals surface area contributed by atoms with Gasteiger partial charge in [-0.1, -0.05) is 20.8 Å². The summed E-state index contributed by atoms with van der Waals surface area (Å²) in [5.41, 5.74) is -0.747. The van der Waals surface area contributed by atoms with Crippen LogP contribution in [0.2, 0.25) is 0 Å². The molecule has 2 aliphatic rings. The summed E-state index contributed by atoms with van der Waals surface area (Å²) in [6, 6.07) is 0. The smallest absolute Gasteiger partial charge is 0.365 e. The molecule has 0 aromatic rings. The van der Waals surface area contributed by atoms with Gasteiger partial charge in [-0.3, -0.25) is 4.52 Å². The van der Waals surface area contributed by atoms with E-state index in [1.54, 1.807) is 0 Å². The Morgan fingerprint density at radius 2 is 1.88 bits per heavy atom. The monoisotopic (exact) mass is 250 g/mol.